The molecule has 0 saturated carbocycles. The summed E-state index contributed by atoms with van der Waals surface area (Å²) in [6.45, 7) is 3.06. The van der Waals surface area contributed by atoms with Crippen molar-refractivity contribution in [1.29, 1.82) is 0 Å². The van der Waals surface area contributed by atoms with E-state index >= 15 is 0 Å². The van der Waals surface area contributed by atoms with E-state index in [4.69, 9.17) is 17.5 Å². The first-order valence-corrected chi connectivity index (χ1v) is 3.30. The zero-order valence-electron chi connectivity index (χ0n) is 7.03. The number of carbonyl (C=O) groups is 1. The second-order valence-corrected chi connectivity index (χ2v) is 2.25. The molecule has 0 amide bonds. The van der Waals surface area contributed by atoms with Gasteiger partial charge in [-0.2, -0.15) is 8.42 Å². The van der Waals surface area contributed by atoms with Gasteiger partial charge in [0.05, 0.1) is 0 Å². The third-order valence-electron chi connectivity index (χ3n) is 0. The zero-order chi connectivity index (χ0) is 8.08. The number of ketones is 1. The van der Waals surface area contributed by atoms with Crippen molar-refractivity contribution < 1.29 is 53.3 Å². The van der Waals surface area contributed by atoms with Crippen LogP contribution in [-0.2, 0) is 15.2 Å². The maximum atomic E-state index is 9.44. The third-order valence-corrected chi connectivity index (χ3v) is 0. The van der Waals surface area contributed by atoms with E-state index in [1.165, 1.54) is 13.8 Å². The summed E-state index contributed by atoms with van der Waals surface area (Å²) in [5, 5.41) is 0. The fourth-order valence-corrected chi connectivity index (χ4v) is 0. The van der Waals surface area contributed by atoms with Crippen molar-refractivity contribution in [2.45, 2.75) is 13.8 Å². The third kappa shape index (κ3) is 1660. The standard InChI is InChI=1S/C3H6O.Na.H2O4S.H/c1-3(2)4;;1-5(2,3)4;/h1-2H3;;(H2,1,2,3,4);/q;+1;;-1. The summed E-state index contributed by atoms with van der Waals surface area (Å²) in [6, 6.07) is 0. The van der Waals surface area contributed by atoms with Gasteiger partial charge in [-0.1, -0.05) is 0 Å². The van der Waals surface area contributed by atoms with Crippen molar-refractivity contribution in [1.82, 2.24) is 0 Å². The molecule has 0 unspecified atom stereocenters. The monoisotopic (exact) mass is 180 g/mol. The zero-order valence-corrected chi connectivity index (χ0v) is 8.84. The Balaban J connectivity index is -0.0000000383. The Kier molecular flexibility index (Phi) is 12.9. The van der Waals surface area contributed by atoms with Gasteiger partial charge in [0.15, 0.2) is 0 Å². The Hall–Kier alpha value is 0.540. The first-order valence-electron chi connectivity index (χ1n) is 1.90. The molecule has 0 aliphatic rings. The molecule has 0 aromatic heterocycles. The number of hydrogen-bond donors (Lipinski definition) is 2. The van der Waals surface area contributed by atoms with Crippen LogP contribution in [-0.4, -0.2) is 23.3 Å². The van der Waals surface area contributed by atoms with Crippen LogP contribution in [0.15, 0.2) is 0 Å². The van der Waals surface area contributed by atoms with Gasteiger partial charge in [0.2, 0.25) is 0 Å². The summed E-state index contributed by atoms with van der Waals surface area (Å²) >= 11 is 0. The van der Waals surface area contributed by atoms with Gasteiger partial charge in [-0.25, -0.2) is 0 Å². The summed E-state index contributed by atoms with van der Waals surface area (Å²) < 4.78 is 31.6. The van der Waals surface area contributed by atoms with Crippen molar-refractivity contribution in [2.75, 3.05) is 0 Å². The Morgan fingerprint density at radius 3 is 1.30 bits per heavy atom. The molecule has 0 atom stereocenters. The van der Waals surface area contributed by atoms with Crippen molar-refractivity contribution in [3.05, 3.63) is 0 Å². The van der Waals surface area contributed by atoms with Gasteiger partial charge in [-0.15, -0.1) is 0 Å². The first-order chi connectivity index (χ1) is 3.73. The van der Waals surface area contributed by atoms with Gasteiger partial charge in [-0.3, -0.25) is 9.11 Å². The molecule has 0 radical (unpaired) electrons. The first kappa shape index (κ1) is 16.9. The SMILES string of the molecule is CC(C)=O.O=S(=O)(O)O.[H-].[Na+]. The molecular weight excluding hydrogens is 171 g/mol. The predicted octanol–water partition coefficient (Wildman–Crippen LogP) is -2.94. The number of Topliss-reactive ketones (excluding diaryl/α,β-unsaturated/α-hetero) is 1. The van der Waals surface area contributed by atoms with Crippen molar-refractivity contribution in [3.8, 4) is 0 Å². The van der Waals surface area contributed by atoms with Gasteiger partial charge >= 0.3 is 40.0 Å². The molecule has 10 heavy (non-hydrogen) atoms. The van der Waals surface area contributed by atoms with Crippen LogP contribution in [0.2, 0.25) is 0 Å². The molecule has 0 heterocycles. The van der Waals surface area contributed by atoms with Crippen LogP contribution in [0, 0.1) is 0 Å². The quantitative estimate of drug-likeness (QED) is 0.307. The molecule has 0 fully saturated rings. The summed E-state index contributed by atoms with van der Waals surface area (Å²) in [7, 11) is -4.67. The number of hydrogen-bond acceptors (Lipinski definition) is 3. The van der Waals surface area contributed by atoms with Crippen LogP contribution >= 0.6 is 0 Å². The molecule has 0 aromatic rings. The van der Waals surface area contributed by atoms with E-state index in [1.54, 1.807) is 0 Å². The maximum Gasteiger partial charge on any atom is 1.00 e. The van der Waals surface area contributed by atoms with Gasteiger partial charge in [0.25, 0.3) is 0 Å². The maximum absolute atomic E-state index is 9.44. The van der Waals surface area contributed by atoms with Crippen molar-refractivity contribution >= 4 is 16.2 Å². The second kappa shape index (κ2) is 7.64. The van der Waals surface area contributed by atoms with E-state index in [2.05, 4.69) is 0 Å². The van der Waals surface area contributed by atoms with Gasteiger partial charge in [-0.05, 0) is 13.8 Å². The van der Waals surface area contributed by atoms with E-state index in [0.717, 1.165) is 0 Å². The Bertz CT molecular complexity index is 164. The Labute approximate surface area is 83.2 Å². The molecule has 0 spiro atoms. The molecule has 0 aliphatic carbocycles. The molecule has 0 saturated heterocycles. The van der Waals surface area contributed by atoms with E-state index in [0.29, 0.717) is 0 Å². The van der Waals surface area contributed by atoms with Crippen LogP contribution in [0.25, 0.3) is 0 Å². The minimum atomic E-state index is -4.67. The fraction of sp³-hybridized carbons (Fsp3) is 0.667. The molecule has 2 N–H and O–H groups in total. The summed E-state index contributed by atoms with van der Waals surface area (Å²) in [4.78, 5) is 9.44. The normalized spacial score (nSPS) is 8.40. The molecule has 0 bridgehead atoms. The van der Waals surface area contributed by atoms with Crippen molar-refractivity contribution in [3.63, 3.8) is 0 Å². The van der Waals surface area contributed by atoms with Crippen LogP contribution in [0.1, 0.15) is 15.3 Å². The topological polar surface area (TPSA) is 91.7 Å². The van der Waals surface area contributed by atoms with Gasteiger partial charge in [0, 0.05) is 0 Å². The van der Waals surface area contributed by atoms with Crippen molar-refractivity contribution in [2.24, 2.45) is 0 Å². The smallest absolute Gasteiger partial charge is 1.00 e. The molecular formula is C3H9NaO5S. The van der Waals surface area contributed by atoms with E-state index in [9.17, 15) is 4.79 Å². The number of rotatable bonds is 0. The van der Waals surface area contributed by atoms with Gasteiger partial charge < -0.3 is 6.22 Å². The second-order valence-electron chi connectivity index (χ2n) is 1.36. The number of carbonyl (C=O) groups excluding carboxylic acids is 1. The molecule has 0 aliphatic heterocycles. The van der Waals surface area contributed by atoms with Crippen LogP contribution in [0.5, 0.6) is 0 Å². The minimum absolute atomic E-state index is 0. The minimum Gasteiger partial charge on any atom is -1.00 e. The Morgan fingerprint density at radius 2 is 1.30 bits per heavy atom. The fourth-order valence-electron chi connectivity index (χ4n) is 0. The largest absolute Gasteiger partial charge is 1.00 e. The van der Waals surface area contributed by atoms with Crippen LogP contribution in [0.4, 0.5) is 0 Å². The van der Waals surface area contributed by atoms with Gasteiger partial charge in [0.1, 0.15) is 5.78 Å². The molecule has 5 nitrogen and oxygen atoms in total. The average molecular weight is 180 g/mol. The molecule has 58 valence electrons. The summed E-state index contributed by atoms with van der Waals surface area (Å²) in [5.41, 5.74) is 0. The average Bonchev–Trinajstić information content (AvgIpc) is 1.19. The molecule has 7 heteroatoms. The van der Waals surface area contributed by atoms with E-state index in [1.807, 2.05) is 0 Å². The molecule has 0 rings (SSSR count). The van der Waals surface area contributed by atoms with Crippen LogP contribution < -0.4 is 29.6 Å². The van der Waals surface area contributed by atoms with E-state index in [-0.39, 0.29) is 36.8 Å². The summed E-state index contributed by atoms with van der Waals surface area (Å²) in [5.74, 6) is 0.167. The summed E-state index contributed by atoms with van der Waals surface area (Å²) in [6.07, 6.45) is 0. The van der Waals surface area contributed by atoms with Crippen LogP contribution in [0.3, 0.4) is 0 Å². The molecule has 0 aromatic carbocycles. The Morgan fingerprint density at radius 1 is 1.30 bits per heavy atom. The van der Waals surface area contributed by atoms with E-state index < -0.39 is 10.4 Å². The predicted molar refractivity (Wildman–Crippen MR) is 31.6 cm³/mol.